The van der Waals surface area contributed by atoms with Gasteiger partial charge in [0.05, 0.1) is 23.3 Å². The predicted octanol–water partition coefficient (Wildman–Crippen LogP) is 3.04. The number of piperidine rings is 1. The number of imidazole rings is 1. The molecule has 1 amide bonds. The summed E-state index contributed by atoms with van der Waals surface area (Å²) >= 11 is 0. The number of hydrogen-bond donors (Lipinski definition) is 1. The molecule has 0 saturated carbocycles. The van der Waals surface area contributed by atoms with Gasteiger partial charge in [0.15, 0.2) is 0 Å². The Bertz CT molecular complexity index is 1170. The van der Waals surface area contributed by atoms with E-state index in [2.05, 4.69) is 10.3 Å². The Morgan fingerprint density at radius 1 is 1.03 bits per heavy atom. The second kappa shape index (κ2) is 9.62. The molecule has 4 rings (SSSR count). The number of halogens is 1. The van der Waals surface area contributed by atoms with E-state index >= 15 is 0 Å². The molecule has 2 heterocycles. The molecule has 0 unspecified atom stereocenters. The van der Waals surface area contributed by atoms with E-state index in [1.165, 1.54) is 16.7 Å². The molecule has 3 aromatic rings. The number of carbonyl (C=O) groups is 1. The van der Waals surface area contributed by atoms with Crippen LogP contribution in [0.25, 0.3) is 5.69 Å². The molecule has 7 nitrogen and oxygen atoms in total. The molecular formula is C23H25FN4O3S. The molecule has 0 radical (unpaired) electrons. The van der Waals surface area contributed by atoms with Crippen LogP contribution in [0.15, 0.2) is 66.1 Å². The Morgan fingerprint density at radius 3 is 2.41 bits per heavy atom. The van der Waals surface area contributed by atoms with E-state index in [-0.39, 0.29) is 23.8 Å². The van der Waals surface area contributed by atoms with Gasteiger partial charge < -0.3 is 9.88 Å². The number of sulfonamides is 1. The molecular weight excluding hydrogens is 431 g/mol. The molecule has 1 aliphatic heterocycles. The van der Waals surface area contributed by atoms with Crippen molar-refractivity contribution in [3.63, 3.8) is 0 Å². The lowest BCUT2D eigenvalue weighted by atomic mass is 10.1. The zero-order valence-electron chi connectivity index (χ0n) is 17.6. The summed E-state index contributed by atoms with van der Waals surface area (Å²) in [4.78, 5) is 16.5. The molecule has 0 atom stereocenters. The first kappa shape index (κ1) is 22.2. The maximum Gasteiger partial charge on any atom is 0.243 e. The summed E-state index contributed by atoms with van der Waals surface area (Å²) in [5, 5.41) is 2.77. The van der Waals surface area contributed by atoms with Crippen LogP contribution < -0.4 is 5.32 Å². The van der Waals surface area contributed by atoms with Crippen molar-refractivity contribution in [1.29, 1.82) is 0 Å². The van der Waals surface area contributed by atoms with Gasteiger partial charge in [-0.05, 0) is 48.2 Å². The number of hydrogen-bond acceptors (Lipinski definition) is 4. The highest BCUT2D eigenvalue weighted by atomic mass is 32.2. The fourth-order valence-electron chi connectivity index (χ4n) is 3.75. The molecule has 1 fully saturated rings. The minimum atomic E-state index is -3.49. The van der Waals surface area contributed by atoms with E-state index in [9.17, 15) is 17.6 Å². The van der Waals surface area contributed by atoms with E-state index in [0.29, 0.717) is 29.9 Å². The Morgan fingerprint density at radius 2 is 1.75 bits per heavy atom. The van der Waals surface area contributed by atoms with Gasteiger partial charge in [-0.1, -0.05) is 24.6 Å². The third-order valence-electron chi connectivity index (χ3n) is 5.53. The average Bonchev–Trinajstić information content (AvgIpc) is 3.33. The van der Waals surface area contributed by atoms with Crippen LogP contribution in [-0.2, 0) is 27.8 Å². The van der Waals surface area contributed by atoms with E-state index in [4.69, 9.17) is 0 Å². The van der Waals surface area contributed by atoms with Crippen molar-refractivity contribution in [3.05, 3.63) is 78.1 Å². The van der Waals surface area contributed by atoms with Crippen LogP contribution >= 0.6 is 0 Å². The fraction of sp³-hybridized carbons (Fsp3) is 0.304. The minimum Gasteiger partial charge on any atom is -0.352 e. The predicted molar refractivity (Wildman–Crippen MR) is 118 cm³/mol. The highest BCUT2D eigenvalue weighted by Crippen LogP contribution is 2.21. The Balaban J connectivity index is 1.33. The summed E-state index contributed by atoms with van der Waals surface area (Å²) < 4.78 is 42.9. The first-order valence-electron chi connectivity index (χ1n) is 10.6. The number of amides is 1. The second-order valence-electron chi connectivity index (χ2n) is 7.82. The number of carbonyl (C=O) groups excluding carboxylic acids is 1. The molecule has 1 saturated heterocycles. The normalized spacial score (nSPS) is 14.9. The molecule has 32 heavy (non-hydrogen) atoms. The maximum atomic E-state index is 14.3. The highest BCUT2D eigenvalue weighted by Gasteiger charge is 2.25. The number of rotatable bonds is 7. The molecule has 168 valence electrons. The van der Waals surface area contributed by atoms with Crippen LogP contribution in [0, 0.1) is 5.82 Å². The lowest BCUT2D eigenvalue weighted by molar-refractivity contribution is -0.120. The third kappa shape index (κ3) is 5.05. The van der Waals surface area contributed by atoms with Gasteiger partial charge in [-0.2, -0.15) is 4.31 Å². The summed E-state index contributed by atoms with van der Waals surface area (Å²) in [6.07, 6.45) is 7.68. The largest absolute Gasteiger partial charge is 0.352 e. The SMILES string of the molecule is O=C(Cc1ccc(S(=O)(=O)N2CCCCC2)cc1)NCc1ccc(-n2ccnc2)c(F)c1. The second-order valence-corrected chi connectivity index (χ2v) is 9.76. The van der Waals surface area contributed by atoms with E-state index < -0.39 is 15.8 Å². The van der Waals surface area contributed by atoms with Crippen molar-refractivity contribution in [3.8, 4) is 5.69 Å². The quantitative estimate of drug-likeness (QED) is 0.592. The monoisotopic (exact) mass is 456 g/mol. The summed E-state index contributed by atoms with van der Waals surface area (Å²) in [6.45, 7) is 1.30. The topological polar surface area (TPSA) is 84.3 Å². The minimum absolute atomic E-state index is 0.111. The molecule has 0 bridgehead atoms. The van der Waals surface area contributed by atoms with Crippen LogP contribution in [0.4, 0.5) is 4.39 Å². The Labute approximate surface area is 186 Å². The van der Waals surface area contributed by atoms with E-state index in [1.54, 1.807) is 53.4 Å². The van der Waals surface area contributed by atoms with Gasteiger partial charge in [-0.15, -0.1) is 0 Å². The molecule has 0 aliphatic carbocycles. The first-order chi connectivity index (χ1) is 15.4. The molecule has 2 aromatic carbocycles. The number of nitrogens with one attached hydrogen (secondary N) is 1. The van der Waals surface area contributed by atoms with Gasteiger partial charge >= 0.3 is 0 Å². The zero-order valence-corrected chi connectivity index (χ0v) is 18.4. The van der Waals surface area contributed by atoms with E-state index in [0.717, 1.165) is 19.3 Å². The van der Waals surface area contributed by atoms with E-state index in [1.807, 2.05) is 0 Å². The van der Waals surface area contributed by atoms with Crippen molar-refractivity contribution < 1.29 is 17.6 Å². The average molecular weight is 457 g/mol. The van der Waals surface area contributed by atoms with Crippen molar-refractivity contribution in [1.82, 2.24) is 19.2 Å². The van der Waals surface area contributed by atoms with Crippen LogP contribution in [-0.4, -0.2) is 41.3 Å². The number of aromatic nitrogens is 2. The third-order valence-corrected chi connectivity index (χ3v) is 7.44. The van der Waals surface area contributed by atoms with Gasteiger partial charge in [0.25, 0.3) is 0 Å². The number of nitrogens with zero attached hydrogens (tertiary/aromatic N) is 3. The van der Waals surface area contributed by atoms with Gasteiger partial charge in [0.1, 0.15) is 5.82 Å². The number of benzene rings is 2. The van der Waals surface area contributed by atoms with Gasteiger partial charge in [-0.3, -0.25) is 4.79 Å². The molecule has 9 heteroatoms. The summed E-state index contributed by atoms with van der Waals surface area (Å²) in [5.74, 6) is -0.629. The van der Waals surface area contributed by atoms with Crippen molar-refractivity contribution in [2.24, 2.45) is 0 Å². The first-order valence-corrected chi connectivity index (χ1v) is 12.0. The van der Waals surface area contributed by atoms with Gasteiger partial charge in [0.2, 0.25) is 15.9 Å². The standard InChI is InChI=1S/C23H25FN4O3S/c24-21-14-19(6-9-22(21)27-13-10-25-17-27)16-26-23(29)15-18-4-7-20(8-5-18)32(30,31)28-11-2-1-3-12-28/h4-10,13-14,17H,1-3,11-12,15-16H2,(H,26,29). The van der Waals surface area contributed by atoms with Crippen LogP contribution in [0.5, 0.6) is 0 Å². The Hall–Kier alpha value is -3.04. The maximum absolute atomic E-state index is 14.3. The smallest absolute Gasteiger partial charge is 0.243 e. The summed E-state index contributed by atoms with van der Waals surface area (Å²) in [7, 11) is -3.49. The molecule has 0 spiro atoms. The Kier molecular flexibility index (Phi) is 6.66. The van der Waals surface area contributed by atoms with Crippen LogP contribution in [0.3, 0.4) is 0 Å². The summed E-state index contributed by atoms with van der Waals surface area (Å²) in [5.41, 5.74) is 1.74. The molecule has 1 N–H and O–H groups in total. The zero-order chi connectivity index (χ0) is 22.6. The van der Waals surface area contributed by atoms with Crippen LogP contribution in [0.1, 0.15) is 30.4 Å². The van der Waals surface area contributed by atoms with Gasteiger partial charge in [0, 0.05) is 32.0 Å². The highest BCUT2D eigenvalue weighted by molar-refractivity contribution is 7.89. The van der Waals surface area contributed by atoms with Crippen LogP contribution in [0.2, 0.25) is 0 Å². The molecule has 1 aliphatic rings. The lowest BCUT2D eigenvalue weighted by Crippen LogP contribution is -2.35. The van der Waals surface area contributed by atoms with Crippen molar-refractivity contribution in [2.45, 2.75) is 37.1 Å². The van der Waals surface area contributed by atoms with Gasteiger partial charge in [-0.25, -0.2) is 17.8 Å². The van der Waals surface area contributed by atoms with Crippen molar-refractivity contribution >= 4 is 15.9 Å². The lowest BCUT2D eigenvalue weighted by Gasteiger charge is -2.25. The summed E-state index contributed by atoms with van der Waals surface area (Å²) in [6, 6.07) is 11.2. The molecule has 1 aromatic heterocycles. The fourth-order valence-corrected chi connectivity index (χ4v) is 5.27. The van der Waals surface area contributed by atoms with Crippen molar-refractivity contribution in [2.75, 3.05) is 13.1 Å².